The molecule has 2 amide bonds. The van der Waals surface area contributed by atoms with Crippen molar-refractivity contribution in [1.29, 1.82) is 0 Å². The Morgan fingerprint density at radius 2 is 1.48 bits per heavy atom. The van der Waals surface area contributed by atoms with E-state index in [1.54, 1.807) is 0 Å². The van der Waals surface area contributed by atoms with Crippen LogP contribution >= 0.6 is 0 Å². The van der Waals surface area contributed by atoms with Gasteiger partial charge in [0.15, 0.2) is 0 Å². The van der Waals surface area contributed by atoms with Crippen LogP contribution in [0.3, 0.4) is 0 Å². The fourth-order valence-electron chi connectivity index (χ4n) is 2.42. The largest absolute Gasteiger partial charge is 0.444 e. The highest BCUT2D eigenvalue weighted by atomic mass is 16.6. The van der Waals surface area contributed by atoms with E-state index in [4.69, 9.17) is 14.2 Å². The van der Waals surface area contributed by atoms with Crippen LogP contribution in [0.5, 0.6) is 0 Å². The van der Waals surface area contributed by atoms with Crippen LogP contribution in [0.4, 0.5) is 9.59 Å². The molecule has 0 heterocycles. The van der Waals surface area contributed by atoms with Gasteiger partial charge in [-0.2, -0.15) is 0 Å². The molecule has 0 spiro atoms. The molecule has 7 nitrogen and oxygen atoms in total. The van der Waals surface area contributed by atoms with Crippen LogP contribution in [-0.4, -0.2) is 42.6 Å². The van der Waals surface area contributed by atoms with Crippen LogP contribution in [0.15, 0.2) is 30.3 Å². The summed E-state index contributed by atoms with van der Waals surface area (Å²) in [6.07, 6.45) is 0.173. The summed E-state index contributed by atoms with van der Waals surface area (Å²) in [5.41, 5.74) is -0.0350. The van der Waals surface area contributed by atoms with Crippen molar-refractivity contribution in [3.05, 3.63) is 35.9 Å². The number of nitrogens with one attached hydrogen (secondary N) is 2. The lowest BCUT2D eigenvalue weighted by atomic mass is 10.1. The van der Waals surface area contributed by atoms with Crippen LogP contribution in [-0.2, 0) is 20.8 Å². The van der Waals surface area contributed by atoms with Gasteiger partial charge >= 0.3 is 12.2 Å². The molecule has 2 N–H and O–H groups in total. The third-order valence-electron chi connectivity index (χ3n) is 3.60. The number of hydrogen-bond donors (Lipinski definition) is 2. The minimum Gasteiger partial charge on any atom is -0.444 e. The van der Waals surface area contributed by atoms with Crippen molar-refractivity contribution >= 4 is 12.2 Å². The molecule has 0 aliphatic carbocycles. The average Bonchev–Trinajstić information content (AvgIpc) is 2.56. The molecule has 0 aliphatic heterocycles. The van der Waals surface area contributed by atoms with Gasteiger partial charge in [-0.15, -0.1) is 0 Å². The van der Waals surface area contributed by atoms with E-state index in [9.17, 15) is 9.59 Å². The van der Waals surface area contributed by atoms with Gasteiger partial charge in [0.2, 0.25) is 0 Å². The number of amides is 2. The zero-order valence-corrected chi connectivity index (χ0v) is 18.5. The number of alkyl carbamates (subject to hydrolysis) is 2. The first kappa shape index (κ1) is 24.8. The number of carbonyl (C=O) groups excluding carboxylic acids is 2. The van der Waals surface area contributed by atoms with Gasteiger partial charge in [0.1, 0.15) is 11.2 Å². The normalized spacial score (nSPS) is 12.8. The lowest BCUT2D eigenvalue weighted by Gasteiger charge is -2.24. The maximum atomic E-state index is 12.1. The van der Waals surface area contributed by atoms with Crippen molar-refractivity contribution in [2.45, 2.75) is 78.2 Å². The molecule has 1 rings (SSSR count). The van der Waals surface area contributed by atoms with E-state index < -0.39 is 23.4 Å². The Hall–Kier alpha value is -2.28. The molecule has 29 heavy (non-hydrogen) atoms. The first-order valence-corrected chi connectivity index (χ1v) is 10.0. The standard InChI is InChI=1S/C22H36N2O5/c1-21(2,3)28-19(25)23-14-12-18(24-20(26)29-22(4,5)6)13-15-27-16-17-10-8-7-9-11-17/h7-11,18H,12-16H2,1-6H3,(H,23,25)(H,24,26). The molecule has 1 unspecified atom stereocenters. The Balaban J connectivity index is 2.47. The van der Waals surface area contributed by atoms with Gasteiger partial charge in [0.25, 0.3) is 0 Å². The lowest BCUT2D eigenvalue weighted by molar-refractivity contribution is 0.0477. The molecule has 0 bridgehead atoms. The number of ether oxygens (including phenoxy) is 3. The van der Waals surface area contributed by atoms with Gasteiger partial charge < -0.3 is 24.8 Å². The molecule has 0 saturated heterocycles. The molecule has 1 aromatic rings. The van der Waals surface area contributed by atoms with E-state index in [1.165, 1.54) is 0 Å². The van der Waals surface area contributed by atoms with Crippen LogP contribution < -0.4 is 10.6 Å². The summed E-state index contributed by atoms with van der Waals surface area (Å²) in [6.45, 7) is 12.2. The predicted octanol–water partition coefficient (Wildman–Crippen LogP) is 4.40. The van der Waals surface area contributed by atoms with Crippen LogP contribution in [0.1, 0.15) is 59.9 Å². The van der Waals surface area contributed by atoms with Gasteiger partial charge in [-0.25, -0.2) is 9.59 Å². The van der Waals surface area contributed by atoms with Gasteiger partial charge in [0, 0.05) is 19.2 Å². The fourth-order valence-corrected chi connectivity index (χ4v) is 2.42. The maximum Gasteiger partial charge on any atom is 0.407 e. The monoisotopic (exact) mass is 408 g/mol. The van der Waals surface area contributed by atoms with Crippen LogP contribution in [0.25, 0.3) is 0 Å². The second-order valence-corrected chi connectivity index (χ2v) is 8.89. The smallest absolute Gasteiger partial charge is 0.407 e. The fraction of sp³-hybridized carbons (Fsp3) is 0.636. The molecule has 7 heteroatoms. The Labute approximate surface area is 174 Å². The Morgan fingerprint density at radius 1 is 0.897 bits per heavy atom. The summed E-state index contributed by atoms with van der Waals surface area (Å²) in [6, 6.07) is 9.70. The van der Waals surface area contributed by atoms with Crippen molar-refractivity contribution < 1.29 is 23.8 Å². The highest BCUT2D eigenvalue weighted by Crippen LogP contribution is 2.09. The van der Waals surface area contributed by atoms with E-state index >= 15 is 0 Å². The van der Waals surface area contributed by atoms with Gasteiger partial charge in [0.05, 0.1) is 6.61 Å². The summed E-state index contributed by atoms with van der Waals surface area (Å²) in [5, 5.41) is 5.57. The van der Waals surface area contributed by atoms with Crippen molar-refractivity contribution in [3.8, 4) is 0 Å². The van der Waals surface area contributed by atoms with Crippen LogP contribution in [0, 0.1) is 0 Å². The molecular weight excluding hydrogens is 372 g/mol. The van der Waals surface area contributed by atoms with Crippen molar-refractivity contribution in [2.75, 3.05) is 13.2 Å². The third-order valence-corrected chi connectivity index (χ3v) is 3.60. The van der Waals surface area contributed by atoms with E-state index in [2.05, 4.69) is 10.6 Å². The summed E-state index contributed by atoms with van der Waals surface area (Å²) >= 11 is 0. The van der Waals surface area contributed by atoms with Gasteiger partial charge in [-0.3, -0.25) is 0 Å². The van der Waals surface area contributed by atoms with Gasteiger partial charge in [-0.05, 0) is 59.9 Å². The van der Waals surface area contributed by atoms with Gasteiger partial charge in [-0.1, -0.05) is 30.3 Å². The quantitative estimate of drug-likeness (QED) is 0.592. The number of hydrogen-bond acceptors (Lipinski definition) is 5. The first-order chi connectivity index (χ1) is 13.4. The zero-order chi connectivity index (χ0) is 21.9. The third kappa shape index (κ3) is 13.5. The van der Waals surface area contributed by atoms with E-state index in [0.29, 0.717) is 32.6 Å². The molecule has 0 aromatic heterocycles. The van der Waals surface area contributed by atoms with Crippen molar-refractivity contribution in [2.24, 2.45) is 0 Å². The Morgan fingerprint density at radius 3 is 2.07 bits per heavy atom. The average molecular weight is 409 g/mol. The van der Waals surface area contributed by atoms with Crippen LogP contribution in [0.2, 0.25) is 0 Å². The predicted molar refractivity (Wildman–Crippen MR) is 113 cm³/mol. The van der Waals surface area contributed by atoms with Crippen molar-refractivity contribution in [1.82, 2.24) is 10.6 Å². The first-order valence-electron chi connectivity index (χ1n) is 10.0. The highest BCUT2D eigenvalue weighted by Gasteiger charge is 2.20. The second-order valence-electron chi connectivity index (χ2n) is 8.89. The lowest BCUT2D eigenvalue weighted by Crippen LogP contribution is -2.42. The minimum atomic E-state index is -0.576. The van der Waals surface area contributed by atoms with E-state index in [-0.39, 0.29) is 6.04 Å². The molecule has 0 fully saturated rings. The zero-order valence-electron chi connectivity index (χ0n) is 18.5. The molecule has 164 valence electrons. The molecular formula is C22H36N2O5. The molecule has 0 saturated carbocycles. The highest BCUT2D eigenvalue weighted by molar-refractivity contribution is 5.68. The molecule has 0 radical (unpaired) electrons. The SMILES string of the molecule is CC(C)(C)OC(=O)NCCC(CCOCc1ccccc1)NC(=O)OC(C)(C)C. The topological polar surface area (TPSA) is 85.9 Å². The van der Waals surface area contributed by atoms with E-state index in [1.807, 2.05) is 71.9 Å². The number of rotatable bonds is 9. The number of benzene rings is 1. The molecule has 1 aromatic carbocycles. The molecule has 0 aliphatic rings. The Kier molecular flexibility index (Phi) is 9.95. The molecule has 1 atom stereocenters. The second kappa shape index (κ2) is 11.7. The summed E-state index contributed by atoms with van der Waals surface area (Å²) in [4.78, 5) is 23.9. The van der Waals surface area contributed by atoms with E-state index in [0.717, 1.165) is 5.56 Å². The minimum absolute atomic E-state index is 0.199. The number of carbonyl (C=O) groups is 2. The Bertz CT molecular complexity index is 620. The maximum absolute atomic E-state index is 12.1. The summed E-state index contributed by atoms with van der Waals surface area (Å²) in [7, 11) is 0. The summed E-state index contributed by atoms with van der Waals surface area (Å²) in [5.74, 6) is 0. The summed E-state index contributed by atoms with van der Waals surface area (Å²) < 4.78 is 16.3. The van der Waals surface area contributed by atoms with Crippen molar-refractivity contribution in [3.63, 3.8) is 0 Å².